The average molecular weight is 525 g/mol. The third-order valence-electron chi connectivity index (χ3n) is 6.20. The van der Waals surface area contributed by atoms with Crippen LogP contribution in [0, 0.1) is 0 Å². The Morgan fingerprint density at radius 1 is 0.714 bits per heavy atom. The first kappa shape index (κ1) is 28.7. The first-order valence-corrected chi connectivity index (χ1v) is 18.4. The molecule has 0 saturated carbocycles. The third-order valence-corrected chi connectivity index (χ3v) is 13.7. The van der Waals surface area contributed by atoms with E-state index in [0.29, 0.717) is 24.0 Å². The Morgan fingerprint density at radius 3 is 1.34 bits per heavy atom. The van der Waals surface area contributed by atoms with Gasteiger partial charge in [-0.05, 0) is 64.0 Å². The van der Waals surface area contributed by atoms with Crippen molar-refractivity contribution in [3.05, 3.63) is 23.3 Å². The van der Waals surface area contributed by atoms with Crippen LogP contribution in [-0.2, 0) is 17.0 Å². The van der Waals surface area contributed by atoms with Crippen molar-refractivity contribution >= 4 is 28.4 Å². The molecule has 0 aromatic carbocycles. The number of aromatic nitrogens is 2. The molecular formula is C24H40N2O7Si2. The number of aromatic hydroxyl groups is 4. The minimum absolute atomic E-state index is 0.183. The fourth-order valence-electron chi connectivity index (χ4n) is 4.65. The maximum absolute atomic E-state index is 11.5. The molecule has 2 heterocycles. The second-order valence-corrected chi connectivity index (χ2v) is 19.3. The molecule has 196 valence electrons. The first-order chi connectivity index (χ1) is 16.1. The van der Waals surface area contributed by atoms with Gasteiger partial charge in [-0.15, -0.1) is 0 Å². The van der Waals surface area contributed by atoms with Crippen molar-refractivity contribution in [1.29, 1.82) is 0 Å². The van der Waals surface area contributed by atoms with Crippen LogP contribution in [0.3, 0.4) is 0 Å². The minimum atomic E-state index is -1.89. The zero-order chi connectivity index (χ0) is 26.6. The lowest BCUT2D eigenvalue weighted by atomic mass is 10.1. The van der Waals surface area contributed by atoms with E-state index in [1.54, 1.807) is 0 Å². The number of rotatable bonds is 12. The summed E-state index contributed by atoms with van der Waals surface area (Å²) < 4.78 is 8.51. The van der Waals surface area contributed by atoms with Crippen LogP contribution >= 0.6 is 0 Å². The summed E-state index contributed by atoms with van der Waals surface area (Å²) in [4.78, 5) is 23.0. The lowest BCUT2D eigenvalue weighted by Crippen LogP contribution is -2.44. The summed E-state index contributed by atoms with van der Waals surface area (Å²) in [6, 6.07) is 4.86. The van der Waals surface area contributed by atoms with Crippen molar-refractivity contribution in [1.82, 2.24) is 9.13 Å². The van der Waals surface area contributed by atoms with Gasteiger partial charge in [0.05, 0.1) is 0 Å². The van der Waals surface area contributed by atoms with Gasteiger partial charge in [0.25, 0.3) is 0 Å². The fraction of sp³-hybridized carbons (Fsp3) is 0.583. The summed E-state index contributed by atoms with van der Waals surface area (Å²) >= 11 is 0. The van der Waals surface area contributed by atoms with Gasteiger partial charge in [0.1, 0.15) is 0 Å². The predicted molar refractivity (Wildman–Crippen MR) is 140 cm³/mol. The summed E-state index contributed by atoms with van der Waals surface area (Å²) in [6.07, 6.45) is 4.69. The van der Waals surface area contributed by atoms with Gasteiger partial charge < -0.3 is 24.5 Å². The van der Waals surface area contributed by atoms with Crippen molar-refractivity contribution in [3.8, 4) is 23.5 Å². The Balaban J connectivity index is 1.77. The largest absolute Gasteiger partial charge is 0.494 e. The van der Waals surface area contributed by atoms with E-state index >= 15 is 0 Å². The molecule has 0 atom stereocenters. The van der Waals surface area contributed by atoms with Crippen molar-refractivity contribution in [3.63, 3.8) is 0 Å². The standard InChI is InChI=1S/C24H40N2O7Si2/c1-17(27)25-21(29)15-19(23(25)31)11-7-9-13-34(3,4)33-35(5,6)14-10-8-12-20-16-22(30)26(18(2)28)24(20)32/h15-16,29-32H,7-14H2,1-6H3. The summed E-state index contributed by atoms with van der Waals surface area (Å²) in [5, 5.41) is 40.0. The molecular weight excluding hydrogens is 484 g/mol. The number of hydrogen-bond donors (Lipinski definition) is 4. The molecule has 2 aromatic heterocycles. The number of unbranched alkanes of at least 4 members (excludes halogenated alkanes) is 2. The smallest absolute Gasteiger partial charge is 0.233 e. The van der Waals surface area contributed by atoms with E-state index in [1.807, 2.05) is 0 Å². The number of nitrogens with zero attached hydrogens (tertiary/aromatic N) is 2. The molecule has 0 bridgehead atoms. The van der Waals surface area contributed by atoms with E-state index in [-0.39, 0.29) is 23.5 Å². The molecule has 2 aromatic rings. The fourth-order valence-corrected chi connectivity index (χ4v) is 13.6. The molecule has 11 heteroatoms. The predicted octanol–water partition coefficient (Wildman–Crippen LogP) is 5.20. The number of carbonyl (C=O) groups excluding carboxylic acids is 2. The quantitative estimate of drug-likeness (QED) is 0.221. The molecule has 0 aliphatic heterocycles. The van der Waals surface area contributed by atoms with E-state index in [1.165, 1.54) is 26.0 Å². The second kappa shape index (κ2) is 11.5. The molecule has 0 saturated heterocycles. The van der Waals surface area contributed by atoms with Gasteiger partial charge >= 0.3 is 0 Å². The highest BCUT2D eigenvalue weighted by molar-refractivity contribution is 6.84. The summed E-state index contributed by atoms with van der Waals surface area (Å²) in [6.45, 7) is 11.5. The van der Waals surface area contributed by atoms with Crippen molar-refractivity contribution in [2.75, 3.05) is 0 Å². The summed E-state index contributed by atoms with van der Waals surface area (Å²) in [5.74, 6) is -1.69. The van der Waals surface area contributed by atoms with Crippen LogP contribution in [0.5, 0.6) is 23.5 Å². The van der Waals surface area contributed by atoms with Gasteiger partial charge in [-0.3, -0.25) is 9.59 Å². The molecule has 2 rings (SSSR count). The van der Waals surface area contributed by atoms with Crippen LogP contribution in [-0.4, -0.2) is 58.0 Å². The van der Waals surface area contributed by atoms with Gasteiger partial charge in [-0.2, -0.15) is 0 Å². The Bertz CT molecular complexity index is 975. The van der Waals surface area contributed by atoms with Crippen LogP contribution < -0.4 is 0 Å². The highest BCUT2D eigenvalue weighted by atomic mass is 28.4. The van der Waals surface area contributed by atoms with E-state index < -0.39 is 28.4 Å². The monoisotopic (exact) mass is 524 g/mol. The summed E-state index contributed by atoms with van der Waals surface area (Å²) in [5.41, 5.74) is 1.15. The molecule has 9 nitrogen and oxygen atoms in total. The Hall–Kier alpha value is -2.51. The van der Waals surface area contributed by atoms with Crippen LogP contribution in [0.1, 0.15) is 60.2 Å². The minimum Gasteiger partial charge on any atom is -0.494 e. The second-order valence-electron chi connectivity index (χ2n) is 10.4. The molecule has 35 heavy (non-hydrogen) atoms. The lowest BCUT2D eigenvalue weighted by Gasteiger charge is -2.34. The molecule has 0 unspecified atom stereocenters. The van der Waals surface area contributed by atoms with E-state index in [4.69, 9.17) is 4.12 Å². The van der Waals surface area contributed by atoms with Crippen molar-refractivity contribution < 1.29 is 34.1 Å². The molecule has 0 amide bonds. The Kier molecular flexibility index (Phi) is 9.43. The number of hydrogen-bond acceptors (Lipinski definition) is 7. The maximum atomic E-state index is 11.5. The van der Waals surface area contributed by atoms with Gasteiger partial charge in [0, 0.05) is 37.1 Å². The first-order valence-electron chi connectivity index (χ1n) is 12.1. The topological polar surface area (TPSA) is 134 Å². The van der Waals surface area contributed by atoms with Crippen molar-refractivity contribution in [2.24, 2.45) is 0 Å². The summed E-state index contributed by atoms with van der Waals surface area (Å²) in [7, 11) is -3.77. The van der Waals surface area contributed by atoms with Crippen LogP contribution in [0.4, 0.5) is 0 Å². The molecule has 0 fully saturated rings. The average Bonchev–Trinajstić information content (AvgIpc) is 3.15. The molecule has 0 spiro atoms. The van der Waals surface area contributed by atoms with Gasteiger partial charge in [-0.1, -0.05) is 12.8 Å². The zero-order valence-corrected chi connectivity index (χ0v) is 23.7. The van der Waals surface area contributed by atoms with Gasteiger partial charge in [0.15, 0.2) is 16.6 Å². The SMILES string of the molecule is CC(=O)n1c(O)cc(CCCC[Si](C)(C)O[Si](C)(C)CCCCc2cc(O)n(C(C)=O)c2O)c1O. The number of aryl methyl sites for hydroxylation is 2. The lowest BCUT2D eigenvalue weighted by molar-refractivity contribution is 0.0907. The normalized spacial score (nSPS) is 12.3. The molecule has 0 radical (unpaired) electrons. The van der Waals surface area contributed by atoms with Crippen LogP contribution in [0.15, 0.2) is 12.1 Å². The maximum Gasteiger partial charge on any atom is 0.233 e. The molecule has 4 N–H and O–H groups in total. The number of carbonyl (C=O) groups is 2. The van der Waals surface area contributed by atoms with E-state index in [0.717, 1.165) is 46.9 Å². The van der Waals surface area contributed by atoms with E-state index in [9.17, 15) is 30.0 Å². The van der Waals surface area contributed by atoms with Crippen LogP contribution in [0.25, 0.3) is 0 Å². The molecule has 0 aliphatic rings. The zero-order valence-electron chi connectivity index (χ0n) is 21.7. The van der Waals surface area contributed by atoms with Gasteiger partial charge in [0.2, 0.25) is 35.3 Å². The Morgan fingerprint density at radius 2 is 1.06 bits per heavy atom. The van der Waals surface area contributed by atoms with E-state index in [2.05, 4.69) is 26.2 Å². The van der Waals surface area contributed by atoms with Crippen LogP contribution in [0.2, 0.25) is 38.3 Å². The highest BCUT2D eigenvalue weighted by Gasteiger charge is 2.32. The Labute approximate surface area is 209 Å². The third kappa shape index (κ3) is 7.74. The molecule has 0 aliphatic carbocycles. The van der Waals surface area contributed by atoms with Gasteiger partial charge in [-0.25, -0.2) is 9.13 Å². The van der Waals surface area contributed by atoms with Crippen molar-refractivity contribution in [2.45, 2.75) is 90.6 Å². The highest BCUT2D eigenvalue weighted by Crippen LogP contribution is 2.31.